The van der Waals surface area contributed by atoms with Crippen molar-refractivity contribution in [1.82, 2.24) is 0 Å². The van der Waals surface area contributed by atoms with Crippen LogP contribution in [0.1, 0.15) is 25.0 Å². The van der Waals surface area contributed by atoms with E-state index in [0.717, 1.165) is 0 Å². The van der Waals surface area contributed by atoms with Gasteiger partial charge in [0, 0.05) is 5.41 Å². The molecule has 1 aliphatic rings. The van der Waals surface area contributed by atoms with Crippen LogP contribution in [0.15, 0.2) is 158 Å². The Morgan fingerprint density at radius 2 is 0.915 bits per heavy atom. The van der Waals surface area contributed by atoms with Crippen molar-refractivity contribution in [2.75, 3.05) is 0 Å². The van der Waals surface area contributed by atoms with Crippen LogP contribution in [-0.2, 0) is 5.41 Å². The third kappa shape index (κ3) is 3.76. The molecule has 0 N–H and O–H groups in total. The van der Waals surface area contributed by atoms with E-state index in [1.807, 2.05) is 0 Å². The van der Waals surface area contributed by atoms with Crippen LogP contribution in [0.4, 0.5) is 0 Å². The summed E-state index contributed by atoms with van der Waals surface area (Å²) in [6.07, 6.45) is 0. The van der Waals surface area contributed by atoms with E-state index in [0.29, 0.717) is 0 Å². The van der Waals surface area contributed by atoms with E-state index in [9.17, 15) is 0 Å². The highest BCUT2D eigenvalue weighted by Gasteiger charge is 2.34. The second kappa shape index (κ2) is 9.64. The lowest BCUT2D eigenvalue weighted by Crippen LogP contribution is -2.23. The third-order valence-corrected chi connectivity index (χ3v) is 10.8. The van der Waals surface area contributed by atoms with Crippen LogP contribution in [0.25, 0.3) is 87.6 Å². The summed E-state index contributed by atoms with van der Waals surface area (Å²) in [6.45, 7) is 4.76. The van der Waals surface area contributed by atoms with Gasteiger partial charge in [0.1, 0.15) is 0 Å². The minimum Gasteiger partial charge on any atom is -0.0622 e. The fraction of sp³-hybridized carbons (Fsp3) is 0.0638. The van der Waals surface area contributed by atoms with E-state index in [-0.39, 0.29) is 5.41 Å². The summed E-state index contributed by atoms with van der Waals surface area (Å²) in [4.78, 5) is 0. The number of rotatable bonds is 3. The topological polar surface area (TPSA) is 0 Å². The quantitative estimate of drug-likeness (QED) is 0.178. The predicted octanol–water partition coefficient (Wildman–Crippen LogP) is 13.0. The van der Waals surface area contributed by atoms with Crippen molar-refractivity contribution in [2.45, 2.75) is 19.3 Å². The Labute approximate surface area is 274 Å². The van der Waals surface area contributed by atoms with Crippen molar-refractivity contribution < 1.29 is 0 Å². The fourth-order valence-corrected chi connectivity index (χ4v) is 8.51. The summed E-state index contributed by atoms with van der Waals surface area (Å²) < 4.78 is 0. The SMILES string of the molecule is CC1(C)c2ccc(-c3ccccc3)cc2-c2cccc3c(-c4cccc(-c5ccc6ccc7cccc8ccc5c6c78)c4)ccc1c23. The van der Waals surface area contributed by atoms with Crippen LogP contribution in [0.2, 0.25) is 0 Å². The van der Waals surface area contributed by atoms with E-state index in [4.69, 9.17) is 0 Å². The highest BCUT2D eigenvalue weighted by Crippen LogP contribution is 2.51. The Kier molecular flexibility index (Phi) is 5.44. The van der Waals surface area contributed by atoms with Crippen LogP contribution in [0, 0.1) is 0 Å². The molecule has 0 unspecified atom stereocenters. The fourth-order valence-electron chi connectivity index (χ4n) is 8.51. The van der Waals surface area contributed by atoms with E-state index in [1.54, 1.807) is 0 Å². The van der Waals surface area contributed by atoms with Crippen molar-refractivity contribution >= 4 is 43.1 Å². The average Bonchev–Trinajstić information content (AvgIpc) is 3.13. The van der Waals surface area contributed by atoms with Gasteiger partial charge >= 0.3 is 0 Å². The molecule has 0 nitrogen and oxygen atoms in total. The molecule has 0 heterocycles. The molecule has 0 saturated heterocycles. The zero-order chi connectivity index (χ0) is 31.3. The van der Waals surface area contributed by atoms with Gasteiger partial charge in [-0.1, -0.05) is 159 Å². The third-order valence-electron chi connectivity index (χ3n) is 10.8. The lowest BCUT2D eigenvalue weighted by atomic mass is 9.67. The average molecular weight is 597 g/mol. The molecule has 0 radical (unpaired) electrons. The maximum absolute atomic E-state index is 2.41. The van der Waals surface area contributed by atoms with Crippen molar-refractivity contribution in [3.05, 3.63) is 169 Å². The van der Waals surface area contributed by atoms with Crippen LogP contribution in [0.3, 0.4) is 0 Å². The second-order valence-corrected chi connectivity index (χ2v) is 13.7. The molecule has 0 fully saturated rings. The molecule has 0 amide bonds. The molecule has 1 aliphatic carbocycles. The lowest BCUT2D eigenvalue weighted by Gasteiger charge is -2.36. The number of fused-ring (bicyclic) bond motifs is 2. The molecular weight excluding hydrogens is 565 g/mol. The summed E-state index contributed by atoms with van der Waals surface area (Å²) >= 11 is 0. The number of hydrogen-bond acceptors (Lipinski definition) is 0. The van der Waals surface area contributed by atoms with Gasteiger partial charge in [0.05, 0.1) is 0 Å². The van der Waals surface area contributed by atoms with Gasteiger partial charge in [-0.3, -0.25) is 0 Å². The van der Waals surface area contributed by atoms with Gasteiger partial charge in [0.25, 0.3) is 0 Å². The summed E-state index contributed by atoms with van der Waals surface area (Å²) in [7, 11) is 0. The molecule has 0 bridgehead atoms. The maximum Gasteiger partial charge on any atom is 0.0159 e. The molecule has 0 spiro atoms. The van der Waals surface area contributed by atoms with E-state index in [2.05, 4.69) is 172 Å². The Bertz CT molecular complexity index is 2670. The van der Waals surface area contributed by atoms with E-state index < -0.39 is 0 Å². The van der Waals surface area contributed by atoms with E-state index in [1.165, 1.54) is 98.7 Å². The molecular formula is C47H32. The van der Waals surface area contributed by atoms with Crippen LogP contribution < -0.4 is 0 Å². The molecule has 9 aromatic rings. The van der Waals surface area contributed by atoms with Crippen molar-refractivity contribution in [2.24, 2.45) is 0 Å². The molecule has 0 aliphatic heterocycles. The smallest absolute Gasteiger partial charge is 0.0159 e. The molecule has 9 aromatic carbocycles. The summed E-state index contributed by atoms with van der Waals surface area (Å²) in [6, 6.07) is 58.9. The highest BCUT2D eigenvalue weighted by molar-refractivity contribution is 6.25. The normalized spacial score (nSPS) is 13.5. The number of hydrogen-bond donors (Lipinski definition) is 0. The molecule has 220 valence electrons. The zero-order valence-corrected chi connectivity index (χ0v) is 26.5. The predicted molar refractivity (Wildman–Crippen MR) is 202 cm³/mol. The Balaban J connectivity index is 1.17. The van der Waals surface area contributed by atoms with Gasteiger partial charge in [0.15, 0.2) is 0 Å². The minimum atomic E-state index is -0.112. The summed E-state index contributed by atoms with van der Waals surface area (Å²) in [5.41, 5.74) is 12.9. The zero-order valence-electron chi connectivity index (χ0n) is 26.5. The number of benzene rings is 9. The Morgan fingerprint density at radius 3 is 1.70 bits per heavy atom. The van der Waals surface area contributed by atoms with Gasteiger partial charge in [-0.25, -0.2) is 0 Å². The Hall–Kier alpha value is -5.72. The van der Waals surface area contributed by atoms with Crippen molar-refractivity contribution in [3.8, 4) is 44.5 Å². The first-order valence-electron chi connectivity index (χ1n) is 16.6. The van der Waals surface area contributed by atoms with Gasteiger partial charge < -0.3 is 0 Å². The van der Waals surface area contributed by atoms with Crippen LogP contribution >= 0.6 is 0 Å². The second-order valence-electron chi connectivity index (χ2n) is 13.7. The Morgan fingerprint density at radius 1 is 0.319 bits per heavy atom. The molecule has 0 saturated carbocycles. The molecule has 0 heteroatoms. The first kappa shape index (κ1) is 26.5. The monoisotopic (exact) mass is 596 g/mol. The van der Waals surface area contributed by atoms with Crippen molar-refractivity contribution in [3.63, 3.8) is 0 Å². The van der Waals surface area contributed by atoms with Crippen LogP contribution in [-0.4, -0.2) is 0 Å². The molecule has 0 atom stereocenters. The highest BCUT2D eigenvalue weighted by atomic mass is 14.4. The van der Waals surface area contributed by atoms with Crippen molar-refractivity contribution in [1.29, 1.82) is 0 Å². The first-order valence-corrected chi connectivity index (χ1v) is 16.6. The van der Waals surface area contributed by atoms with Gasteiger partial charge in [0.2, 0.25) is 0 Å². The summed E-state index contributed by atoms with van der Waals surface area (Å²) in [5.74, 6) is 0. The van der Waals surface area contributed by atoms with Crippen LogP contribution in [0.5, 0.6) is 0 Å². The largest absolute Gasteiger partial charge is 0.0622 e. The molecule has 47 heavy (non-hydrogen) atoms. The first-order chi connectivity index (χ1) is 23.1. The molecule has 0 aromatic heterocycles. The van der Waals surface area contributed by atoms with E-state index >= 15 is 0 Å². The summed E-state index contributed by atoms with van der Waals surface area (Å²) in [5, 5.41) is 10.6. The van der Waals surface area contributed by atoms with Gasteiger partial charge in [-0.05, 0) is 111 Å². The van der Waals surface area contributed by atoms with Gasteiger partial charge in [-0.15, -0.1) is 0 Å². The lowest BCUT2D eigenvalue weighted by molar-refractivity contribution is 0.645. The maximum atomic E-state index is 2.41. The van der Waals surface area contributed by atoms with Gasteiger partial charge in [-0.2, -0.15) is 0 Å². The molecule has 10 rings (SSSR count). The standard InChI is InChI=1S/C47H32/c1-47(2)42-25-21-33(29-9-4-3-5-10-29)28-41(42)39-16-8-15-38-37(24-26-43(47)46(38)39)35-14-7-13-34(27-35)36-22-19-32-18-17-30-11-6-12-31-20-23-40(36)45(32)44(30)31/h3-28H,1-2H3. The minimum absolute atomic E-state index is 0.112.